The van der Waals surface area contributed by atoms with Crippen LogP contribution in [0.2, 0.25) is 0 Å². The van der Waals surface area contributed by atoms with Crippen molar-refractivity contribution in [2.24, 2.45) is 0 Å². The molecule has 4 rings (SSSR count). The van der Waals surface area contributed by atoms with Gasteiger partial charge in [0, 0.05) is 25.3 Å². The second-order valence-corrected chi connectivity index (χ2v) is 7.67. The van der Waals surface area contributed by atoms with Gasteiger partial charge in [0.15, 0.2) is 5.82 Å². The fraction of sp³-hybridized carbons (Fsp3) is 0.476. The quantitative estimate of drug-likeness (QED) is 0.906. The van der Waals surface area contributed by atoms with Crippen LogP contribution in [0, 0.1) is 13.8 Å². The number of hydrogen-bond acceptors (Lipinski definition) is 3. The van der Waals surface area contributed by atoms with Crippen LogP contribution in [0.3, 0.4) is 0 Å². The van der Waals surface area contributed by atoms with E-state index in [2.05, 4.69) is 16.4 Å². The molecule has 2 amide bonds. The van der Waals surface area contributed by atoms with E-state index in [0.717, 1.165) is 74.2 Å². The summed E-state index contributed by atoms with van der Waals surface area (Å²) in [5, 5.41) is 2.96. The number of aromatic nitrogens is 2. The van der Waals surface area contributed by atoms with Crippen molar-refractivity contribution >= 4 is 17.5 Å². The molecule has 0 radical (unpaired) electrons. The van der Waals surface area contributed by atoms with Crippen molar-refractivity contribution < 1.29 is 9.59 Å². The van der Waals surface area contributed by atoms with E-state index < -0.39 is 0 Å². The van der Waals surface area contributed by atoms with Crippen LogP contribution in [-0.4, -0.2) is 39.4 Å². The smallest absolute Gasteiger partial charge is 0.291 e. The summed E-state index contributed by atoms with van der Waals surface area (Å²) < 4.78 is 1.95. The summed E-state index contributed by atoms with van der Waals surface area (Å²) in [6.07, 6.45) is 4.93. The summed E-state index contributed by atoms with van der Waals surface area (Å²) in [6, 6.07) is 5.96. The molecule has 142 valence electrons. The minimum absolute atomic E-state index is 0.0244. The number of imidazole rings is 1. The van der Waals surface area contributed by atoms with Gasteiger partial charge in [0.2, 0.25) is 0 Å². The van der Waals surface area contributed by atoms with Gasteiger partial charge in [-0.25, -0.2) is 4.98 Å². The van der Waals surface area contributed by atoms with Gasteiger partial charge in [0.05, 0.1) is 5.69 Å². The molecule has 1 aromatic heterocycles. The maximum absolute atomic E-state index is 12.9. The molecule has 0 aliphatic carbocycles. The molecular weight excluding hydrogens is 340 g/mol. The maximum atomic E-state index is 12.9. The first kappa shape index (κ1) is 17.8. The van der Waals surface area contributed by atoms with E-state index in [0.29, 0.717) is 11.5 Å². The monoisotopic (exact) mass is 366 g/mol. The molecule has 1 N–H and O–H groups in total. The molecule has 2 aliphatic rings. The molecule has 1 aromatic carbocycles. The number of anilines is 1. The average Bonchev–Trinajstić information content (AvgIpc) is 3.28. The highest BCUT2D eigenvalue weighted by Gasteiger charge is 2.30. The lowest BCUT2D eigenvalue weighted by Crippen LogP contribution is -2.29. The van der Waals surface area contributed by atoms with Crippen molar-refractivity contribution in [2.75, 3.05) is 18.4 Å². The zero-order chi connectivity index (χ0) is 19.0. The Kier molecular flexibility index (Phi) is 4.72. The molecule has 1 saturated heterocycles. The van der Waals surface area contributed by atoms with E-state index >= 15 is 0 Å². The van der Waals surface area contributed by atoms with Gasteiger partial charge in [-0.1, -0.05) is 6.07 Å². The molecule has 6 heteroatoms. The number of amides is 2. The Hall–Kier alpha value is -2.63. The van der Waals surface area contributed by atoms with E-state index in [4.69, 9.17) is 0 Å². The fourth-order valence-corrected chi connectivity index (χ4v) is 4.19. The second-order valence-electron chi connectivity index (χ2n) is 7.67. The van der Waals surface area contributed by atoms with Gasteiger partial charge in [-0.3, -0.25) is 9.59 Å². The van der Waals surface area contributed by atoms with Crippen molar-refractivity contribution in [3.8, 4) is 0 Å². The first-order chi connectivity index (χ1) is 13.0. The van der Waals surface area contributed by atoms with Crippen LogP contribution < -0.4 is 5.32 Å². The number of aryl methyl sites for hydroxylation is 2. The van der Waals surface area contributed by atoms with E-state index in [-0.39, 0.29) is 11.8 Å². The van der Waals surface area contributed by atoms with Crippen LogP contribution in [-0.2, 0) is 13.0 Å². The van der Waals surface area contributed by atoms with Crippen molar-refractivity contribution in [3.05, 3.63) is 46.5 Å². The lowest BCUT2D eigenvalue weighted by Gasteiger charge is -2.19. The zero-order valence-corrected chi connectivity index (χ0v) is 16.0. The number of rotatable bonds is 3. The normalized spacial score (nSPS) is 16.3. The Bertz CT molecular complexity index is 874. The van der Waals surface area contributed by atoms with Crippen molar-refractivity contribution in [2.45, 2.75) is 52.5 Å². The van der Waals surface area contributed by atoms with Crippen LogP contribution in [0.1, 0.15) is 63.6 Å². The van der Waals surface area contributed by atoms with Crippen molar-refractivity contribution in [1.82, 2.24) is 14.5 Å². The van der Waals surface area contributed by atoms with Crippen molar-refractivity contribution in [3.63, 3.8) is 0 Å². The zero-order valence-electron chi connectivity index (χ0n) is 16.0. The molecule has 1 fully saturated rings. The fourth-order valence-electron chi connectivity index (χ4n) is 4.19. The number of likely N-dealkylation sites (tertiary alicyclic amines) is 1. The van der Waals surface area contributed by atoms with Gasteiger partial charge in [-0.2, -0.15) is 0 Å². The summed E-state index contributed by atoms with van der Waals surface area (Å²) in [5.74, 6) is 0.0821. The molecule has 0 unspecified atom stereocenters. The first-order valence-electron chi connectivity index (χ1n) is 9.81. The highest BCUT2D eigenvalue weighted by Crippen LogP contribution is 2.24. The number of carbonyl (C=O) groups excluding carboxylic acids is 2. The Morgan fingerprint density at radius 1 is 0.963 bits per heavy atom. The highest BCUT2D eigenvalue weighted by atomic mass is 16.2. The van der Waals surface area contributed by atoms with Crippen LogP contribution in [0.4, 0.5) is 5.69 Å². The van der Waals surface area contributed by atoms with E-state index in [1.807, 2.05) is 35.4 Å². The van der Waals surface area contributed by atoms with Gasteiger partial charge in [0.1, 0.15) is 5.69 Å². The van der Waals surface area contributed by atoms with Gasteiger partial charge < -0.3 is 14.8 Å². The summed E-state index contributed by atoms with van der Waals surface area (Å²) in [7, 11) is 0. The molecule has 2 aliphatic heterocycles. The second kappa shape index (κ2) is 7.18. The van der Waals surface area contributed by atoms with E-state index in [1.165, 1.54) is 0 Å². The molecule has 0 bridgehead atoms. The molecule has 0 atom stereocenters. The van der Waals surface area contributed by atoms with Crippen LogP contribution in [0.5, 0.6) is 0 Å². The van der Waals surface area contributed by atoms with Crippen LogP contribution in [0.25, 0.3) is 0 Å². The third kappa shape index (κ3) is 3.48. The lowest BCUT2D eigenvalue weighted by molar-refractivity contribution is 0.0786. The lowest BCUT2D eigenvalue weighted by atomic mass is 10.1. The number of nitrogens with zero attached hydrogens (tertiary/aromatic N) is 3. The minimum Gasteiger partial charge on any atom is -0.337 e. The largest absolute Gasteiger partial charge is 0.337 e. The van der Waals surface area contributed by atoms with E-state index in [1.54, 1.807) is 0 Å². The first-order valence-corrected chi connectivity index (χ1v) is 9.81. The van der Waals surface area contributed by atoms with Crippen LogP contribution >= 0.6 is 0 Å². The summed E-state index contributed by atoms with van der Waals surface area (Å²) in [5.41, 5.74) is 4.35. The molecule has 6 nitrogen and oxygen atoms in total. The minimum atomic E-state index is -0.247. The highest BCUT2D eigenvalue weighted by molar-refractivity contribution is 6.03. The number of fused-ring (bicyclic) bond motifs is 1. The average molecular weight is 366 g/mol. The number of hydrogen-bond donors (Lipinski definition) is 1. The molecule has 0 spiro atoms. The van der Waals surface area contributed by atoms with Gasteiger partial charge in [-0.15, -0.1) is 0 Å². The number of carbonyl (C=O) groups is 2. The summed E-state index contributed by atoms with van der Waals surface area (Å²) >= 11 is 0. The predicted octanol–water partition coefficient (Wildman–Crippen LogP) is 3.32. The Morgan fingerprint density at radius 2 is 1.63 bits per heavy atom. The Morgan fingerprint density at radius 3 is 2.33 bits per heavy atom. The molecule has 0 saturated carbocycles. The Balaban J connectivity index is 1.65. The number of benzene rings is 1. The molecular formula is C21H26N4O2. The molecule has 2 aromatic rings. The summed E-state index contributed by atoms with van der Waals surface area (Å²) in [4.78, 5) is 32.3. The predicted molar refractivity (Wildman–Crippen MR) is 104 cm³/mol. The standard InChI is InChI=1S/C21H26N4O2/c1-14-11-15(2)13-16(12-14)22-20(26)19-23-18(17-7-3-4-10-25(17)19)21(27)24-8-5-6-9-24/h11-13H,3-10H2,1-2H3,(H,22,26). The van der Waals surface area contributed by atoms with Gasteiger partial charge in [0.25, 0.3) is 11.8 Å². The molecule has 3 heterocycles. The van der Waals surface area contributed by atoms with Gasteiger partial charge >= 0.3 is 0 Å². The van der Waals surface area contributed by atoms with Crippen molar-refractivity contribution in [1.29, 1.82) is 0 Å². The van der Waals surface area contributed by atoms with Crippen LogP contribution in [0.15, 0.2) is 18.2 Å². The topological polar surface area (TPSA) is 67.2 Å². The summed E-state index contributed by atoms with van der Waals surface area (Å²) in [6.45, 7) is 6.33. The number of nitrogens with one attached hydrogen (secondary N) is 1. The third-order valence-corrected chi connectivity index (χ3v) is 5.40. The maximum Gasteiger partial charge on any atom is 0.291 e. The van der Waals surface area contributed by atoms with Gasteiger partial charge in [-0.05, 0) is 69.2 Å². The molecule has 27 heavy (non-hydrogen) atoms. The Labute approximate surface area is 159 Å². The SMILES string of the molecule is Cc1cc(C)cc(NC(=O)c2nc(C(=O)N3CCCC3)c3n2CCCC3)c1. The van der Waals surface area contributed by atoms with E-state index in [9.17, 15) is 9.59 Å². The third-order valence-electron chi connectivity index (χ3n) is 5.40.